The quantitative estimate of drug-likeness (QED) is 0.398. The van der Waals surface area contributed by atoms with Gasteiger partial charge in [-0.15, -0.1) is 0 Å². The predicted octanol–water partition coefficient (Wildman–Crippen LogP) is 5.25. The normalized spacial score (nSPS) is 21.5. The van der Waals surface area contributed by atoms with E-state index in [0.717, 1.165) is 18.0 Å². The molecule has 196 valence electrons. The minimum atomic E-state index is -3.91. The van der Waals surface area contributed by atoms with E-state index in [2.05, 4.69) is 11.2 Å². The summed E-state index contributed by atoms with van der Waals surface area (Å²) in [7, 11) is -3.91. The largest absolute Gasteiger partial charge is 0.392 e. The van der Waals surface area contributed by atoms with Gasteiger partial charge in [-0.1, -0.05) is 40.9 Å². The third-order valence-corrected chi connectivity index (χ3v) is 9.90. The van der Waals surface area contributed by atoms with E-state index in [1.165, 1.54) is 60.9 Å². The maximum Gasteiger partial charge on any atom is 0.243 e. The van der Waals surface area contributed by atoms with Crippen molar-refractivity contribution < 1.29 is 22.3 Å². The number of aromatic nitrogens is 2. The first-order chi connectivity index (χ1) is 17.6. The highest BCUT2D eigenvalue weighted by Gasteiger charge is 2.60. The van der Waals surface area contributed by atoms with Gasteiger partial charge in [-0.25, -0.2) is 26.6 Å². The molecule has 2 fully saturated rings. The molecule has 37 heavy (non-hydrogen) atoms. The van der Waals surface area contributed by atoms with Gasteiger partial charge in [0.15, 0.2) is 0 Å². The molecule has 2 aromatic carbocycles. The van der Waals surface area contributed by atoms with Gasteiger partial charge in [0.05, 0.1) is 24.2 Å². The number of rotatable bonds is 6. The van der Waals surface area contributed by atoms with Crippen LogP contribution >= 0.6 is 23.2 Å². The monoisotopic (exact) mass is 567 g/mol. The molecule has 3 aliphatic rings. The van der Waals surface area contributed by atoms with Crippen LogP contribution in [-0.2, 0) is 29.6 Å². The molecule has 3 aliphatic carbocycles. The average Bonchev–Trinajstić information content (AvgIpc) is 3.22. The number of benzene rings is 2. The number of halogens is 4. The molecule has 6 rings (SSSR count). The second-order valence-electron chi connectivity index (χ2n) is 9.55. The Morgan fingerprint density at radius 1 is 1.19 bits per heavy atom. The standard InChI is InChI=1S/C17H15FN2.C9H10Cl2FNO3S/c18-14-3-5-15(6-4-14)20-16-7-12-1-2-13-9-17(12,13)8-11(16)10-19-20;10-9(11)17(15,16)13-4-7-6(5-14)2-1-3-8(7)12/h3-7,10,13H,1-2,8-9H2;1-3,9,13-14H,4-5H2/t13?,17-;/m1./s1. The molecule has 2 atom stereocenters. The number of hydrogen-bond donors (Lipinski definition) is 2. The number of fused-ring (bicyclic) bond motifs is 1. The molecule has 3 aromatic rings. The zero-order valence-electron chi connectivity index (χ0n) is 19.7. The maximum atomic E-state index is 13.4. The summed E-state index contributed by atoms with van der Waals surface area (Å²) in [5.41, 5.74) is 5.97. The SMILES string of the molecule is Fc1ccc(-n2ncc3c2C=C2CCC4C[C@]24C3)cc1.O=S(=O)(NCc1c(F)cccc1CO)C(Cl)Cl. The summed E-state index contributed by atoms with van der Waals surface area (Å²) in [6, 6.07) is 10.7. The summed E-state index contributed by atoms with van der Waals surface area (Å²) < 4.78 is 51.3. The lowest BCUT2D eigenvalue weighted by molar-refractivity contribution is 0.279. The fourth-order valence-electron chi connectivity index (χ4n) is 5.44. The summed E-state index contributed by atoms with van der Waals surface area (Å²) in [6.07, 6.45) is 9.48. The summed E-state index contributed by atoms with van der Waals surface area (Å²) in [5.74, 6) is 0.111. The minimum Gasteiger partial charge on any atom is -0.392 e. The van der Waals surface area contributed by atoms with Crippen molar-refractivity contribution in [3.8, 4) is 5.69 Å². The average molecular weight is 568 g/mol. The van der Waals surface area contributed by atoms with Gasteiger partial charge in [-0.2, -0.15) is 5.10 Å². The van der Waals surface area contributed by atoms with Crippen LogP contribution in [0.3, 0.4) is 0 Å². The zero-order chi connectivity index (χ0) is 26.4. The lowest BCUT2D eigenvalue weighted by Gasteiger charge is -2.21. The fraction of sp³-hybridized carbons (Fsp3) is 0.346. The Morgan fingerprint density at radius 3 is 2.62 bits per heavy atom. The summed E-state index contributed by atoms with van der Waals surface area (Å²) >= 11 is 10.4. The van der Waals surface area contributed by atoms with E-state index in [1.807, 2.05) is 15.6 Å². The van der Waals surface area contributed by atoms with Gasteiger partial charge in [0.2, 0.25) is 14.2 Å². The number of nitrogens with zero attached hydrogens (tertiary/aromatic N) is 2. The van der Waals surface area contributed by atoms with E-state index in [-0.39, 0.29) is 24.5 Å². The Bertz CT molecular complexity index is 1460. The highest BCUT2D eigenvalue weighted by atomic mass is 35.5. The van der Waals surface area contributed by atoms with Crippen molar-refractivity contribution in [2.45, 2.75) is 43.0 Å². The molecule has 0 aliphatic heterocycles. The molecule has 1 spiro atoms. The molecule has 1 aromatic heterocycles. The van der Waals surface area contributed by atoms with E-state index in [0.29, 0.717) is 11.0 Å². The molecule has 0 amide bonds. The van der Waals surface area contributed by atoms with Gasteiger partial charge in [0.25, 0.3) is 0 Å². The fourth-order valence-corrected chi connectivity index (χ4v) is 6.29. The lowest BCUT2D eigenvalue weighted by Crippen LogP contribution is -2.28. The number of aliphatic hydroxyl groups excluding tert-OH is 1. The topological polar surface area (TPSA) is 84.2 Å². The molecule has 0 radical (unpaired) electrons. The molecule has 2 saturated carbocycles. The van der Waals surface area contributed by atoms with Crippen molar-refractivity contribution >= 4 is 39.3 Å². The number of sulfonamides is 1. The number of allylic oxidation sites excluding steroid dienone is 1. The van der Waals surface area contributed by atoms with Crippen molar-refractivity contribution in [1.82, 2.24) is 14.5 Å². The van der Waals surface area contributed by atoms with Crippen LogP contribution in [-0.4, -0.2) is 27.5 Å². The maximum absolute atomic E-state index is 13.4. The summed E-state index contributed by atoms with van der Waals surface area (Å²) in [5, 5.41) is 13.5. The third kappa shape index (κ3) is 5.07. The second-order valence-corrected chi connectivity index (χ2v) is 13.0. The Labute approximate surface area is 224 Å². The number of nitrogens with one attached hydrogen (secondary N) is 1. The van der Waals surface area contributed by atoms with Gasteiger partial charge >= 0.3 is 0 Å². The van der Waals surface area contributed by atoms with E-state index in [4.69, 9.17) is 28.3 Å². The van der Waals surface area contributed by atoms with Crippen LogP contribution in [0.1, 0.15) is 41.6 Å². The van der Waals surface area contributed by atoms with Crippen LogP contribution in [0.2, 0.25) is 0 Å². The first kappa shape index (κ1) is 26.3. The highest BCUT2D eigenvalue weighted by Crippen LogP contribution is 2.69. The Hall–Kier alpha value is -2.30. The Kier molecular flexibility index (Phi) is 7.19. The molecule has 11 heteroatoms. The molecular weight excluding hydrogens is 543 g/mol. The Balaban J connectivity index is 0.000000155. The van der Waals surface area contributed by atoms with Crippen molar-refractivity contribution in [3.05, 3.63) is 88.3 Å². The Morgan fingerprint density at radius 2 is 1.95 bits per heavy atom. The minimum absolute atomic E-state index is 0.0626. The van der Waals surface area contributed by atoms with Gasteiger partial charge in [-0.3, -0.25) is 0 Å². The van der Waals surface area contributed by atoms with Crippen LogP contribution in [0.25, 0.3) is 11.8 Å². The summed E-state index contributed by atoms with van der Waals surface area (Å²) in [4.78, 5) is 0. The smallest absolute Gasteiger partial charge is 0.243 e. The van der Waals surface area contributed by atoms with Crippen molar-refractivity contribution in [2.24, 2.45) is 11.3 Å². The van der Waals surface area contributed by atoms with Crippen molar-refractivity contribution in [1.29, 1.82) is 0 Å². The van der Waals surface area contributed by atoms with E-state index >= 15 is 0 Å². The zero-order valence-corrected chi connectivity index (χ0v) is 22.0. The first-order valence-corrected chi connectivity index (χ1v) is 14.2. The molecule has 0 saturated heterocycles. The molecular formula is C26H25Cl2F2N3O3S. The number of alkyl halides is 2. The van der Waals surface area contributed by atoms with Crippen molar-refractivity contribution in [3.63, 3.8) is 0 Å². The highest BCUT2D eigenvalue weighted by molar-refractivity contribution is 7.92. The first-order valence-electron chi connectivity index (χ1n) is 11.8. The summed E-state index contributed by atoms with van der Waals surface area (Å²) in [6.45, 7) is -0.708. The number of hydrogen-bond acceptors (Lipinski definition) is 4. The van der Waals surface area contributed by atoms with Crippen LogP contribution in [0, 0.1) is 23.0 Å². The second kappa shape index (κ2) is 10.1. The third-order valence-electron chi connectivity index (χ3n) is 7.48. The predicted molar refractivity (Wildman–Crippen MR) is 139 cm³/mol. The van der Waals surface area contributed by atoms with Gasteiger partial charge < -0.3 is 5.11 Å². The molecule has 6 nitrogen and oxygen atoms in total. The van der Waals surface area contributed by atoms with Gasteiger partial charge in [0.1, 0.15) is 11.6 Å². The van der Waals surface area contributed by atoms with Gasteiger partial charge in [0, 0.05) is 12.1 Å². The van der Waals surface area contributed by atoms with Crippen LogP contribution < -0.4 is 4.72 Å². The molecule has 0 bridgehead atoms. The van der Waals surface area contributed by atoms with E-state index in [9.17, 15) is 17.2 Å². The van der Waals surface area contributed by atoms with Gasteiger partial charge in [-0.05, 0) is 84.6 Å². The lowest BCUT2D eigenvalue weighted by atomic mass is 9.84. The van der Waals surface area contributed by atoms with E-state index < -0.39 is 20.0 Å². The molecule has 2 N–H and O–H groups in total. The van der Waals surface area contributed by atoms with Crippen LogP contribution in [0.5, 0.6) is 0 Å². The van der Waals surface area contributed by atoms with Crippen LogP contribution in [0.15, 0.2) is 54.2 Å². The number of aliphatic hydroxyl groups is 1. The van der Waals surface area contributed by atoms with E-state index in [1.54, 1.807) is 17.7 Å². The molecule has 1 unspecified atom stereocenters. The van der Waals surface area contributed by atoms with Crippen LogP contribution in [0.4, 0.5) is 8.78 Å². The van der Waals surface area contributed by atoms with Crippen molar-refractivity contribution in [2.75, 3.05) is 0 Å². The molecule has 1 heterocycles.